The van der Waals surface area contributed by atoms with Crippen LogP contribution in [0.1, 0.15) is 291 Å². The molecule has 5 unspecified atom stereocenters. The van der Waals surface area contributed by atoms with Gasteiger partial charge in [-0.15, -0.1) is 0 Å². The lowest BCUT2D eigenvalue weighted by Gasteiger charge is -2.37. The Labute approximate surface area is 468 Å². The molecule has 1 heterocycles. The molecule has 0 radical (unpaired) electrons. The molecule has 5 N–H and O–H groups in total. The predicted octanol–water partition coefficient (Wildman–Crippen LogP) is 14.0. The van der Waals surface area contributed by atoms with E-state index in [1.807, 2.05) is 0 Å². The Morgan fingerprint density at radius 1 is 0.253 bits per heavy atom. The summed E-state index contributed by atoms with van der Waals surface area (Å²) in [6.45, 7) is 24.0. The first kappa shape index (κ1) is 72.6. The highest BCUT2D eigenvalue weighted by Crippen LogP contribution is 2.17. The maximum Gasteiger partial charge on any atom is 0.0667 e. The molecule has 0 aromatic carbocycles. The van der Waals surface area contributed by atoms with Crippen LogP contribution in [0.4, 0.5) is 0 Å². The average molecular weight is 1070 g/mol. The van der Waals surface area contributed by atoms with Gasteiger partial charge in [-0.1, -0.05) is 259 Å². The summed E-state index contributed by atoms with van der Waals surface area (Å²) in [5, 5.41) is 56.6. The van der Waals surface area contributed by atoms with E-state index in [2.05, 4.69) is 59.1 Å². The lowest BCUT2D eigenvalue weighted by molar-refractivity contribution is 0.0419. The summed E-state index contributed by atoms with van der Waals surface area (Å²) in [5.41, 5.74) is 0. The molecular weight excluding hydrogens is 931 g/mol. The molecule has 1 fully saturated rings. The van der Waals surface area contributed by atoms with Gasteiger partial charge in [-0.3, -0.25) is 24.5 Å². The number of unbranched alkanes of at least 4 members (excludes halogenated alkanes) is 30. The molecule has 0 saturated carbocycles. The van der Waals surface area contributed by atoms with Gasteiger partial charge in [0.1, 0.15) is 0 Å². The van der Waals surface area contributed by atoms with Crippen molar-refractivity contribution < 1.29 is 25.5 Å². The van der Waals surface area contributed by atoms with Gasteiger partial charge in [-0.05, 0) is 32.1 Å². The lowest BCUT2D eigenvalue weighted by Crippen LogP contribution is -2.51. The SMILES string of the molecule is CCCCCCCCCC(O)CN(CCN1CCN(CCN(CC(O)CCCCCCCCC)CC(O)CCCCCCCCC)CC1)CCN(CC(O)CCCCCCCCC)CC(O)CCCCCCCCC. The van der Waals surface area contributed by atoms with Crippen LogP contribution in [0.15, 0.2) is 0 Å². The van der Waals surface area contributed by atoms with Crippen molar-refractivity contribution in [3.8, 4) is 0 Å². The number of aliphatic hydroxyl groups excluding tert-OH is 5. The predicted molar refractivity (Wildman–Crippen MR) is 325 cm³/mol. The first-order chi connectivity index (χ1) is 36.6. The summed E-state index contributed by atoms with van der Waals surface area (Å²) in [7, 11) is 0. The van der Waals surface area contributed by atoms with Crippen molar-refractivity contribution in [2.24, 2.45) is 0 Å². The maximum absolute atomic E-state index is 11.5. The summed E-state index contributed by atoms with van der Waals surface area (Å²) in [5.74, 6) is 0. The third-order valence-electron chi connectivity index (χ3n) is 16.7. The van der Waals surface area contributed by atoms with E-state index in [1.165, 1.54) is 193 Å². The monoisotopic (exact) mass is 1070 g/mol. The third-order valence-corrected chi connectivity index (χ3v) is 16.7. The minimum atomic E-state index is -0.383. The largest absolute Gasteiger partial charge is 0.392 e. The normalized spacial score (nSPS) is 16.0. The van der Waals surface area contributed by atoms with Crippen molar-refractivity contribution in [2.75, 3.05) is 98.2 Å². The molecule has 0 bridgehead atoms. The topological polar surface area (TPSA) is 117 Å². The van der Waals surface area contributed by atoms with E-state index in [4.69, 9.17) is 0 Å². The standard InChI is InChI=1S/C65H135N5O5/c1-6-11-16-21-26-31-36-41-61(71)56-68(53-55-70(59-64(74)44-39-34-29-24-19-14-9-4)60-65(75)45-40-35-30-25-20-15-10-5)52-50-66-46-48-67(49-47-66)51-54-69(57-62(72)42-37-32-27-22-17-12-7-2)58-63(73)43-38-33-28-23-18-13-8-3/h61-65,71-75H,6-60H2,1-5H3. The Balaban J connectivity index is 2.92. The fraction of sp³-hybridized carbons (Fsp3) is 1.00. The van der Waals surface area contributed by atoms with E-state index >= 15 is 0 Å². The van der Waals surface area contributed by atoms with Crippen LogP contribution in [0, 0.1) is 0 Å². The highest BCUT2D eigenvalue weighted by molar-refractivity contribution is 4.79. The third kappa shape index (κ3) is 47.0. The molecule has 0 aromatic rings. The number of aliphatic hydroxyl groups is 5. The van der Waals surface area contributed by atoms with Crippen LogP contribution in [-0.4, -0.2) is 179 Å². The summed E-state index contributed by atoms with van der Waals surface area (Å²) in [6, 6.07) is 0. The second-order valence-electron chi connectivity index (χ2n) is 24.3. The molecule has 75 heavy (non-hydrogen) atoms. The van der Waals surface area contributed by atoms with Crippen LogP contribution in [0.5, 0.6) is 0 Å². The number of piperazine rings is 1. The van der Waals surface area contributed by atoms with Crippen LogP contribution in [-0.2, 0) is 0 Å². The van der Waals surface area contributed by atoms with Crippen LogP contribution in [0.2, 0.25) is 0 Å². The van der Waals surface area contributed by atoms with Crippen LogP contribution < -0.4 is 0 Å². The zero-order chi connectivity index (χ0) is 54.7. The van der Waals surface area contributed by atoms with Gasteiger partial charge >= 0.3 is 0 Å². The highest BCUT2D eigenvalue weighted by atomic mass is 16.3. The van der Waals surface area contributed by atoms with Crippen molar-refractivity contribution in [3.63, 3.8) is 0 Å². The van der Waals surface area contributed by atoms with Gasteiger partial charge in [0.25, 0.3) is 0 Å². The molecule has 0 spiro atoms. The molecule has 0 amide bonds. The molecule has 1 saturated heterocycles. The van der Waals surface area contributed by atoms with Crippen LogP contribution in [0.25, 0.3) is 0 Å². The molecule has 1 aliphatic rings. The van der Waals surface area contributed by atoms with Gasteiger partial charge in [-0.2, -0.15) is 0 Å². The van der Waals surface area contributed by atoms with Crippen molar-refractivity contribution in [1.29, 1.82) is 0 Å². The Kier molecular flexibility index (Phi) is 52.5. The molecule has 0 aliphatic carbocycles. The van der Waals surface area contributed by atoms with Gasteiger partial charge in [0.15, 0.2) is 0 Å². The quantitative estimate of drug-likeness (QED) is 0.0377. The van der Waals surface area contributed by atoms with Crippen molar-refractivity contribution in [3.05, 3.63) is 0 Å². The van der Waals surface area contributed by atoms with Gasteiger partial charge < -0.3 is 25.5 Å². The van der Waals surface area contributed by atoms with E-state index in [0.29, 0.717) is 32.7 Å². The highest BCUT2D eigenvalue weighted by Gasteiger charge is 2.23. The van der Waals surface area contributed by atoms with E-state index in [1.54, 1.807) is 0 Å². The van der Waals surface area contributed by atoms with E-state index in [9.17, 15) is 25.5 Å². The number of hydrogen-bond donors (Lipinski definition) is 5. The number of nitrogens with zero attached hydrogens (tertiary/aromatic N) is 5. The summed E-state index contributed by atoms with van der Waals surface area (Å²) >= 11 is 0. The zero-order valence-electron chi connectivity index (χ0n) is 51.2. The Morgan fingerprint density at radius 3 is 0.693 bits per heavy atom. The van der Waals surface area contributed by atoms with Gasteiger partial charge in [-0.25, -0.2) is 0 Å². The number of hydrogen-bond acceptors (Lipinski definition) is 10. The first-order valence-electron chi connectivity index (χ1n) is 33.7. The molecule has 1 aliphatic heterocycles. The Hall–Kier alpha value is -0.400. The minimum absolute atomic E-state index is 0.340. The van der Waals surface area contributed by atoms with Gasteiger partial charge in [0.05, 0.1) is 30.5 Å². The van der Waals surface area contributed by atoms with Crippen molar-refractivity contribution in [1.82, 2.24) is 24.5 Å². The van der Waals surface area contributed by atoms with Gasteiger partial charge in [0.2, 0.25) is 0 Å². The number of rotatable bonds is 59. The molecule has 10 heteroatoms. The molecule has 450 valence electrons. The minimum Gasteiger partial charge on any atom is -0.392 e. The Bertz CT molecular complexity index is 1080. The summed E-state index contributed by atoms with van der Waals surface area (Å²) in [4.78, 5) is 12.4. The van der Waals surface area contributed by atoms with Crippen LogP contribution >= 0.6 is 0 Å². The summed E-state index contributed by atoms with van der Waals surface area (Å²) in [6.07, 6.45) is 46.2. The van der Waals surface area contributed by atoms with E-state index in [-0.39, 0.29) is 30.5 Å². The van der Waals surface area contributed by atoms with Crippen molar-refractivity contribution >= 4 is 0 Å². The van der Waals surface area contributed by atoms with E-state index < -0.39 is 0 Å². The van der Waals surface area contributed by atoms with Gasteiger partial charge in [0, 0.05) is 98.2 Å². The second-order valence-corrected chi connectivity index (χ2v) is 24.3. The summed E-state index contributed by atoms with van der Waals surface area (Å²) < 4.78 is 0. The van der Waals surface area contributed by atoms with Crippen molar-refractivity contribution in [2.45, 2.75) is 322 Å². The molecule has 1 rings (SSSR count). The maximum atomic E-state index is 11.5. The fourth-order valence-electron chi connectivity index (χ4n) is 11.5. The second kappa shape index (κ2) is 54.2. The lowest BCUT2D eigenvalue weighted by atomic mass is 10.0. The molecule has 10 nitrogen and oxygen atoms in total. The molecule has 5 atom stereocenters. The molecular formula is C65H135N5O5. The average Bonchev–Trinajstić information content (AvgIpc) is 3.39. The molecule has 0 aromatic heterocycles. The zero-order valence-corrected chi connectivity index (χ0v) is 51.2. The smallest absolute Gasteiger partial charge is 0.0667 e. The fourth-order valence-corrected chi connectivity index (χ4v) is 11.5. The first-order valence-corrected chi connectivity index (χ1v) is 33.7. The van der Waals surface area contributed by atoms with E-state index in [0.717, 1.165) is 130 Å². The van der Waals surface area contributed by atoms with Crippen LogP contribution in [0.3, 0.4) is 0 Å². The Morgan fingerprint density at radius 2 is 0.440 bits per heavy atom.